The maximum atomic E-state index is 12.8. The van der Waals surface area contributed by atoms with Crippen LogP contribution in [0.1, 0.15) is 30.5 Å². The van der Waals surface area contributed by atoms with Gasteiger partial charge < -0.3 is 14.9 Å². The first-order valence-electron chi connectivity index (χ1n) is 10.4. The highest BCUT2D eigenvalue weighted by Crippen LogP contribution is 2.34. The number of nitrogens with zero attached hydrogens (tertiary/aromatic N) is 4. The summed E-state index contributed by atoms with van der Waals surface area (Å²) >= 11 is 0. The predicted octanol–water partition coefficient (Wildman–Crippen LogP) is 2.05. The summed E-state index contributed by atoms with van der Waals surface area (Å²) in [5, 5.41) is 9.52. The number of amides is 1. The summed E-state index contributed by atoms with van der Waals surface area (Å²) in [7, 11) is 0. The number of β-amino-alcohol motifs (C(OH)–C–C–N with tert-alkyl or cyclic N) is 1. The molecule has 5 rings (SSSR count). The van der Waals surface area contributed by atoms with Gasteiger partial charge in [-0.05, 0) is 32.1 Å². The third kappa shape index (κ3) is 3.15. The Kier molecular flexibility index (Phi) is 4.51. The van der Waals surface area contributed by atoms with Crippen LogP contribution in [0.25, 0.3) is 11.4 Å². The Bertz CT molecular complexity index is 880. The zero-order chi connectivity index (χ0) is 19.1. The Labute approximate surface area is 165 Å². The molecular formula is C22H26N4O2. The lowest BCUT2D eigenvalue weighted by atomic mass is 9.94. The molecule has 1 aliphatic carbocycles. The monoisotopic (exact) mass is 378 g/mol. The molecule has 1 N–H and O–H groups in total. The maximum absolute atomic E-state index is 12.8. The number of piperidine rings is 1. The van der Waals surface area contributed by atoms with E-state index in [9.17, 15) is 9.90 Å². The SMILES string of the molecule is O=C([C@@H]1CCCN(c2nc(-c3ccccc3)nc3c2CCC3)C1)N1CC(O)C1. The molecule has 1 aromatic heterocycles. The standard InChI is InChI=1S/C22H26N4O2/c27-17-13-26(14-17)22(28)16-8-5-11-25(12-16)21-18-9-4-10-19(18)23-20(24-21)15-6-2-1-3-7-15/h1-3,6-7,16-17,27H,4-5,8-14H2/t16-/m1/s1. The molecular weight excluding hydrogens is 352 g/mol. The van der Waals surface area contributed by atoms with Crippen molar-refractivity contribution in [1.29, 1.82) is 0 Å². The summed E-state index contributed by atoms with van der Waals surface area (Å²) in [5.74, 6) is 2.00. The fourth-order valence-corrected chi connectivity index (χ4v) is 4.66. The van der Waals surface area contributed by atoms with E-state index in [0.717, 1.165) is 55.9 Å². The second-order valence-electron chi connectivity index (χ2n) is 8.20. The zero-order valence-electron chi connectivity index (χ0n) is 16.0. The Hall–Kier alpha value is -2.47. The number of fused-ring (bicyclic) bond motifs is 1. The van der Waals surface area contributed by atoms with Gasteiger partial charge in [0.05, 0.1) is 12.0 Å². The molecule has 2 saturated heterocycles. The van der Waals surface area contributed by atoms with E-state index in [-0.39, 0.29) is 17.9 Å². The highest BCUT2D eigenvalue weighted by Gasteiger charge is 2.36. The van der Waals surface area contributed by atoms with E-state index in [1.165, 1.54) is 11.3 Å². The predicted molar refractivity (Wildman–Crippen MR) is 107 cm³/mol. The third-order valence-corrected chi connectivity index (χ3v) is 6.19. The van der Waals surface area contributed by atoms with Crippen molar-refractivity contribution in [3.63, 3.8) is 0 Å². The molecule has 28 heavy (non-hydrogen) atoms. The van der Waals surface area contributed by atoms with Gasteiger partial charge >= 0.3 is 0 Å². The van der Waals surface area contributed by atoms with Crippen LogP contribution >= 0.6 is 0 Å². The lowest BCUT2D eigenvalue weighted by Crippen LogP contribution is -2.57. The molecule has 1 atom stereocenters. The number of anilines is 1. The topological polar surface area (TPSA) is 69.6 Å². The summed E-state index contributed by atoms with van der Waals surface area (Å²) in [6, 6.07) is 10.1. The number of carbonyl (C=O) groups excluding carboxylic acids is 1. The normalized spacial score (nSPS) is 22.1. The molecule has 0 bridgehead atoms. The summed E-state index contributed by atoms with van der Waals surface area (Å²) < 4.78 is 0. The highest BCUT2D eigenvalue weighted by molar-refractivity contribution is 5.80. The first-order valence-corrected chi connectivity index (χ1v) is 10.4. The van der Waals surface area contributed by atoms with E-state index < -0.39 is 0 Å². The highest BCUT2D eigenvalue weighted by atomic mass is 16.3. The van der Waals surface area contributed by atoms with Crippen molar-refractivity contribution >= 4 is 11.7 Å². The Morgan fingerprint density at radius 3 is 2.64 bits per heavy atom. The molecule has 0 radical (unpaired) electrons. The number of hydrogen-bond donors (Lipinski definition) is 1. The van der Waals surface area contributed by atoms with Crippen molar-refractivity contribution in [3.8, 4) is 11.4 Å². The van der Waals surface area contributed by atoms with Gasteiger partial charge in [-0.2, -0.15) is 0 Å². The quantitative estimate of drug-likeness (QED) is 0.885. The van der Waals surface area contributed by atoms with Crippen molar-refractivity contribution < 1.29 is 9.90 Å². The van der Waals surface area contributed by atoms with Crippen molar-refractivity contribution in [3.05, 3.63) is 41.6 Å². The van der Waals surface area contributed by atoms with Crippen LogP contribution in [0.2, 0.25) is 0 Å². The first-order chi connectivity index (χ1) is 13.7. The molecule has 2 fully saturated rings. The second-order valence-corrected chi connectivity index (χ2v) is 8.20. The van der Waals surface area contributed by atoms with Crippen LogP contribution in [0.15, 0.2) is 30.3 Å². The van der Waals surface area contributed by atoms with Gasteiger partial charge in [0.15, 0.2) is 5.82 Å². The van der Waals surface area contributed by atoms with Crippen molar-refractivity contribution in [2.24, 2.45) is 5.92 Å². The van der Waals surface area contributed by atoms with Crippen molar-refractivity contribution in [2.75, 3.05) is 31.1 Å². The Balaban J connectivity index is 1.43. The van der Waals surface area contributed by atoms with Crippen LogP contribution < -0.4 is 4.90 Å². The minimum Gasteiger partial charge on any atom is -0.389 e. The summed E-state index contributed by atoms with van der Waals surface area (Å²) in [4.78, 5) is 26.7. The number of aliphatic hydroxyl groups is 1. The molecule has 2 aromatic rings. The molecule has 6 nitrogen and oxygen atoms in total. The number of aryl methyl sites for hydroxylation is 1. The first kappa shape index (κ1) is 17.6. The Morgan fingerprint density at radius 1 is 1.04 bits per heavy atom. The van der Waals surface area contributed by atoms with Gasteiger partial charge in [-0.15, -0.1) is 0 Å². The van der Waals surface area contributed by atoms with Crippen LogP contribution in [0, 0.1) is 5.92 Å². The van der Waals surface area contributed by atoms with Crippen molar-refractivity contribution in [1.82, 2.24) is 14.9 Å². The van der Waals surface area contributed by atoms with Gasteiger partial charge in [0.25, 0.3) is 0 Å². The summed E-state index contributed by atoms with van der Waals surface area (Å²) in [6.07, 6.45) is 4.71. The molecule has 0 saturated carbocycles. The number of likely N-dealkylation sites (tertiary alicyclic amines) is 1. The number of benzene rings is 1. The summed E-state index contributed by atoms with van der Waals surface area (Å²) in [6.45, 7) is 2.61. The Morgan fingerprint density at radius 2 is 1.86 bits per heavy atom. The van der Waals surface area contributed by atoms with Gasteiger partial charge in [0, 0.05) is 43.0 Å². The minimum absolute atomic E-state index is 0.00607. The number of hydrogen-bond acceptors (Lipinski definition) is 5. The molecule has 6 heteroatoms. The van der Waals surface area contributed by atoms with Gasteiger partial charge in [-0.1, -0.05) is 30.3 Å². The number of carbonyl (C=O) groups is 1. The van der Waals surface area contributed by atoms with Crippen LogP contribution in [-0.2, 0) is 17.6 Å². The molecule has 3 aliphatic rings. The molecule has 0 unspecified atom stereocenters. The molecule has 3 heterocycles. The lowest BCUT2D eigenvalue weighted by Gasteiger charge is -2.41. The van der Waals surface area contributed by atoms with E-state index >= 15 is 0 Å². The smallest absolute Gasteiger partial charge is 0.227 e. The molecule has 1 amide bonds. The van der Waals surface area contributed by atoms with Crippen LogP contribution in [0.3, 0.4) is 0 Å². The molecule has 146 valence electrons. The second kappa shape index (κ2) is 7.17. The lowest BCUT2D eigenvalue weighted by molar-refractivity contribution is -0.146. The van der Waals surface area contributed by atoms with Gasteiger partial charge in [0.1, 0.15) is 5.82 Å². The zero-order valence-corrected chi connectivity index (χ0v) is 16.0. The van der Waals surface area contributed by atoms with Crippen LogP contribution in [0.5, 0.6) is 0 Å². The van der Waals surface area contributed by atoms with E-state index in [2.05, 4.69) is 17.0 Å². The average molecular weight is 378 g/mol. The number of rotatable bonds is 3. The number of aromatic nitrogens is 2. The van der Waals surface area contributed by atoms with Crippen molar-refractivity contribution in [2.45, 2.75) is 38.2 Å². The van der Waals surface area contributed by atoms with Crippen LogP contribution in [0.4, 0.5) is 5.82 Å². The van der Waals surface area contributed by atoms with E-state index in [0.29, 0.717) is 19.6 Å². The third-order valence-electron chi connectivity index (χ3n) is 6.19. The number of aliphatic hydroxyl groups excluding tert-OH is 1. The fourth-order valence-electron chi connectivity index (χ4n) is 4.66. The van der Waals surface area contributed by atoms with Gasteiger partial charge in [0.2, 0.25) is 5.91 Å². The van der Waals surface area contributed by atoms with Gasteiger partial charge in [-0.25, -0.2) is 9.97 Å². The maximum Gasteiger partial charge on any atom is 0.227 e. The minimum atomic E-state index is -0.345. The fraction of sp³-hybridized carbons (Fsp3) is 0.500. The molecule has 0 spiro atoms. The molecule has 1 aromatic carbocycles. The molecule has 2 aliphatic heterocycles. The van der Waals surface area contributed by atoms with E-state index in [4.69, 9.17) is 9.97 Å². The average Bonchev–Trinajstić information content (AvgIpc) is 3.20. The largest absolute Gasteiger partial charge is 0.389 e. The van der Waals surface area contributed by atoms with E-state index in [1.54, 1.807) is 4.90 Å². The van der Waals surface area contributed by atoms with Crippen LogP contribution in [-0.4, -0.2) is 58.2 Å². The summed E-state index contributed by atoms with van der Waals surface area (Å²) in [5.41, 5.74) is 3.48. The van der Waals surface area contributed by atoms with Gasteiger partial charge in [-0.3, -0.25) is 4.79 Å². The van der Waals surface area contributed by atoms with E-state index in [1.807, 2.05) is 18.2 Å².